The van der Waals surface area contributed by atoms with E-state index in [1.165, 1.54) is 16.2 Å². The summed E-state index contributed by atoms with van der Waals surface area (Å²) in [6.45, 7) is 0. The second-order valence-corrected chi connectivity index (χ2v) is 11.3. The van der Waals surface area contributed by atoms with Gasteiger partial charge in [0.2, 0.25) is 0 Å². The molecule has 0 aliphatic rings. The van der Waals surface area contributed by atoms with E-state index in [4.69, 9.17) is 14.0 Å². The Balaban J connectivity index is 1.44. The Morgan fingerprint density at radius 3 is 2.33 bits per heavy atom. The number of rotatable bonds is 4. The Labute approximate surface area is 265 Å². The largest absolute Gasteiger partial charge is 0.455 e. The van der Waals surface area contributed by atoms with Gasteiger partial charge in [-0.05, 0) is 64.9 Å². The second kappa shape index (κ2) is 9.59. The smallest absolute Gasteiger partial charge is 0.143 e. The summed E-state index contributed by atoms with van der Waals surface area (Å²) in [5.74, 6) is 0. The van der Waals surface area contributed by atoms with Crippen LogP contribution in [0.4, 0.5) is 17.1 Å². The summed E-state index contributed by atoms with van der Waals surface area (Å²) in [6, 6.07) is 25.8. The number of hydrogen-bond acceptors (Lipinski definition) is 3. The van der Waals surface area contributed by atoms with Crippen LogP contribution in [0.15, 0.2) is 156 Å². The van der Waals surface area contributed by atoms with Crippen LogP contribution >= 0.6 is 11.3 Å². The van der Waals surface area contributed by atoms with E-state index in [2.05, 4.69) is 0 Å². The van der Waals surface area contributed by atoms with Gasteiger partial charge in [0.1, 0.15) is 11.2 Å². The maximum atomic E-state index is 9.80. The third-order valence-corrected chi connectivity index (χ3v) is 9.05. The molecule has 0 amide bonds. The summed E-state index contributed by atoms with van der Waals surface area (Å²) in [7, 11) is 0. The average Bonchev–Trinajstić information content (AvgIpc) is 3.74. The summed E-state index contributed by atoms with van der Waals surface area (Å²) in [6.07, 6.45) is 0. The van der Waals surface area contributed by atoms with E-state index < -0.39 is 42.3 Å². The van der Waals surface area contributed by atoms with Crippen LogP contribution in [0.1, 0.15) is 12.3 Å². The molecule has 2 aromatic heterocycles. The van der Waals surface area contributed by atoms with Crippen LogP contribution in [0.3, 0.4) is 0 Å². The fourth-order valence-corrected chi connectivity index (χ4v) is 7.18. The van der Waals surface area contributed by atoms with Gasteiger partial charge in [-0.25, -0.2) is 0 Å². The third-order valence-electron chi connectivity index (χ3n) is 7.83. The number of furan rings is 1. The van der Waals surface area contributed by atoms with Crippen LogP contribution in [-0.4, -0.2) is 0 Å². The van der Waals surface area contributed by atoms with E-state index in [-0.39, 0.29) is 34.7 Å². The van der Waals surface area contributed by atoms with Crippen LogP contribution in [0.5, 0.6) is 0 Å². The molecular weight excluding hydrogens is 543 g/mol. The van der Waals surface area contributed by atoms with Crippen molar-refractivity contribution in [2.75, 3.05) is 4.90 Å². The van der Waals surface area contributed by atoms with Crippen molar-refractivity contribution in [2.45, 2.75) is 0 Å². The standard InChI is InChI=1S/C40H25NOS/c1-2-13-28(14-3-1)41(35-20-10-21-36-38(35)34-24-23-26-11-4-5-16-30(26)39(34)42-36)29-15-8-12-27(25-29)31-18-9-19-33-32-17-6-7-22-37(32)43-40(31)33/h1-25H/i1D,2D,3D,8D,12D,13D,14D,15D,25D. The van der Waals surface area contributed by atoms with Gasteiger partial charge in [-0.1, -0.05) is 103 Å². The number of benzene rings is 7. The molecule has 0 bridgehead atoms. The highest BCUT2D eigenvalue weighted by atomic mass is 32.1. The number of nitrogens with zero attached hydrogens (tertiary/aromatic N) is 1. The number of fused-ring (bicyclic) bond motifs is 8. The molecule has 0 aliphatic carbocycles. The van der Waals surface area contributed by atoms with Gasteiger partial charge < -0.3 is 9.32 Å². The maximum Gasteiger partial charge on any atom is 0.143 e. The Bertz CT molecular complexity index is 2960. The molecule has 0 fully saturated rings. The van der Waals surface area contributed by atoms with Crippen LogP contribution in [0.25, 0.3) is 64.0 Å². The number of para-hydroxylation sites is 1. The summed E-state index contributed by atoms with van der Waals surface area (Å²) < 4.78 is 89.3. The van der Waals surface area contributed by atoms with E-state index in [1.807, 2.05) is 72.8 Å². The van der Waals surface area contributed by atoms with Crippen LogP contribution in [-0.2, 0) is 0 Å². The fraction of sp³-hybridized carbons (Fsp3) is 0. The van der Waals surface area contributed by atoms with E-state index in [0.717, 1.165) is 30.9 Å². The average molecular weight is 577 g/mol. The zero-order valence-electron chi connectivity index (χ0n) is 31.5. The van der Waals surface area contributed by atoms with Gasteiger partial charge in [0.05, 0.1) is 23.4 Å². The minimum Gasteiger partial charge on any atom is -0.455 e. The summed E-state index contributed by atoms with van der Waals surface area (Å²) in [5, 5.41) is 4.94. The lowest BCUT2D eigenvalue weighted by molar-refractivity contribution is 0.672. The predicted octanol–water partition coefficient (Wildman–Crippen LogP) is 12.2. The lowest BCUT2D eigenvalue weighted by Gasteiger charge is -2.26. The minimum atomic E-state index is -0.590. The Morgan fingerprint density at radius 1 is 0.605 bits per heavy atom. The number of hydrogen-bond donors (Lipinski definition) is 0. The molecule has 43 heavy (non-hydrogen) atoms. The van der Waals surface area contributed by atoms with Crippen molar-refractivity contribution in [2.24, 2.45) is 0 Å². The predicted molar refractivity (Wildman–Crippen MR) is 184 cm³/mol. The zero-order chi connectivity index (χ0) is 36.2. The molecule has 0 saturated heterocycles. The van der Waals surface area contributed by atoms with E-state index in [9.17, 15) is 2.74 Å². The van der Waals surface area contributed by atoms with Crippen molar-refractivity contribution in [1.82, 2.24) is 0 Å². The van der Waals surface area contributed by atoms with E-state index in [1.54, 1.807) is 24.3 Å². The van der Waals surface area contributed by atoms with Gasteiger partial charge in [-0.2, -0.15) is 0 Å². The monoisotopic (exact) mass is 576 g/mol. The van der Waals surface area contributed by atoms with Gasteiger partial charge in [0, 0.05) is 42.3 Å². The molecule has 3 heteroatoms. The molecule has 9 rings (SSSR count). The van der Waals surface area contributed by atoms with Gasteiger partial charge in [0.15, 0.2) is 0 Å². The molecule has 2 nitrogen and oxygen atoms in total. The molecule has 202 valence electrons. The molecule has 0 aliphatic heterocycles. The highest BCUT2D eigenvalue weighted by Gasteiger charge is 2.21. The van der Waals surface area contributed by atoms with Crippen molar-refractivity contribution in [3.05, 3.63) is 151 Å². The Kier molecular flexibility index (Phi) is 3.77. The molecule has 0 saturated carbocycles. The van der Waals surface area contributed by atoms with Crippen molar-refractivity contribution in [1.29, 1.82) is 0 Å². The highest BCUT2D eigenvalue weighted by Crippen LogP contribution is 2.46. The van der Waals surface area contributed by atoms with Crippen molar-refractivity contribution in [3.63, 3.8) is 0 Å². The normalized spacial score (nSPS) is 14.7. The lowest BCUT2D eigenvalue weighted by atomic mass is 10.0. The first-order chi connectivity index (χ1) is 25.1. The van der Waals surface area contributed by atoms with Crippen molar-refractivity contribution >= 4 is 81.3 Å². The van der Waals surface area contributed by atoms with E-state index in [0.29, 0.717) is 27.5 Å². The van der Waals surface area contributed by atoms with Crippen LogP contribution < -0.4 is 4.90 Å². The topological polar surface area (TPSA) is 16.4 Å². The Morgan fingerprint density at radius 2 is 1.40 bits per heavy atom. The molecule has 9 aromatic rings. The molecule has 0 N–H and O–H groups in total. The fourth-order valence-electron chi connectivity index (χ4n) is 5.95. The quantitative estimate of drug-likeness (QED) is 0.207. The highest BCUT2D eigenvalue weighted by molar-refractivity contribution is 7.26. The molecule has 0 unspecified atom stereocenters. The Hall–Kier alpha value is -5.38. The molecule has 7 aromatic carbocycles. The van der Waals surface area contributed by atoms with Crippen molar-refractivity contribution < 1.29 is 16.8 Å². The number of anilines is 3. The molecular formula is C40H25NOS. The number of thiophene rings is 1. The molecule has 0 radical (unpaired) electrons. The first-order valence-electron chi connectivity index (χ1n) is 18.3. The summed E-state index contributed by atoms with van der Waals surface area (Å²) >= 11 is 1.50. The van der Waals surface area contributed by atoms with Gasteiger partial charge in [0.25, 0.3) is 0 Å². The van der Waals surface area contributed by atoms with Crippen LogP contribution in [0.2, 0.25) is 0 Å². The van der Waals surface area contributed by atoms with Gasteiger partial charge in [-0.3, -0.25) is 0 Å². The summed E-state index contributed by atoms with van der Waals surface area (Å²) in [5.41, 5.74) is 1.45. The first kappa shape index (κ1) is 16.9. The third kappa shape index (κ3) is 3.79. The molecule has 0 spiro atoms. The molecule has 0 atom stereocenters. The first-order valence-corrected chi connectivity index (χ1v) is 14.6. The lowest BCUT2D eigenvalue weighted by Crippen LogP contribution is -2.10. The SMILES string of the molecule is [2H]c1c([2H])c([2H])c(N(c2c([2H])c([2H])c([2H])c(-c3cccc4c3sc3ccccc34)c2[2H])c2cccc3oc4c5ccccc5ccc4c23)c([2H])c1[2H]. The van der Waals surface area contributed by atoms with Gasteiger partial charge >= 0.3 is 0 Å². The summed E-state index contributed by atoms with van der Waals surface area (Å²) in [4.78, 5) is 1.32. The van der Waals surface area contributed by atoms with Crippen LogP contribution in [0, 0.1) is 0 Å². The second-order valence-electron chi connectivity index (χ2n) is 10.2. The zero-order valence-corrected chi connectivity index (χ0v) is 23.3. The van der Waals surface area contributed by atoms with E-state index >= 15 is 0 Å². The minimum absolute atomic E-state index is 0.0979. The van der Waals surface area contributed by atoms with Gasteiger partial charge in [-0.15, -0.1) is 11.3 Å². The molecule has 2 heterocycles. The maximum absolute atomic E-state index is 9.80. The van der Waals surface area contributed by atoms with Crippen molar-refractivity contribution in [3.8, 4) is 11.1 Å².